The van der Waals surface area contributed by atoms with Crippen LogP contribution in [-0.2, 0) is 10.0 Å². The van der Waals surface area contributed by atoms with Crippen molar-refractivity contribution in [2.75, 3.05) is 4.72 Å². The van der Waals surface area contributed by atoms with Crippen molar-refractivity contribution < 1.29 is 17.7 Å². The first-order valence-electron chi connectivity index (χ1n) is 5.52. The maximum absolute atomic E-state index is 12.8. The standard InChI is InChI=1S/C12H8ClFN2O4S/c13-11-7-9(16(17)18)3-6-12(11)15-21(19,20)10-4-1-8(14)2-5-10/h1-7,15H. The van der Waals surface area contributed by atoms with Gasteiger partial charge in [-0.1, -0.05) is 11.6 Å². The summed E-state index contributed by atoms with van der Waals surface area (Å²) in [4.78, 5) is 9.77. The molecule has 0 saturated heterocycles. The van der Waals surface area contributed by atoms with E-state index in [4.69, 9.17) is 11.6 Å². The fraction of sp³-hybridized carbons (Fsp3) is 0. The molecule has 21 heavy (non-hydrogen) atoms. The Morgan fingerprint density at radius 3 is 2.29 bits per heavy atom. The third-order valence-electron chi connectivity index (χ3n) is 2.53. The van der Waals surface area contributed by atoms with Crippen LogP contribution in [0.4, 0.5) is 15.8 Å². The Morgan fingerprint density at radius 1 is 1.14 bits per heavy atom. The minimum absolute atomic E-state index is 0.00779. The van der Waals surface area contributed by atoms with Crippen LogP contribution in [0.2, 0.25) is 5.02 Å². The van der Waals surface area contributed by atoms with Crippen LogP contribution < -0.4 is 4.72 Å². The van der Waals surface area contributed by atoms with Crippen LogP contribution in [0, 0.1) is 15.9 Å². The Balaban J connectivity index is 2.32. The first kappa shape index (κ1) is 15.2. The molecule has 0 aliphatic carbocycles. The molecule has 0 spiro atoms. The molecule has 6 nitrogen and oxygen atoms in total. The number of sulfonamides is 1. The second kappa shape index (κ2) is 5.66. The van der Waals surface area contributed by atoms with Crippen LogP contribution in [0.25, 0.3) is 0 Å². The van der Waals surface area contributed by atoms with E-state index in [0.717, 1.165) is 36.4 Å². The van der Waals surface area contributed by atoms with Crippen LogP contribution in [0.3, 0.4) is 0 Å². The number of benzene rings is 2. The van der Waals surface area contributed by atoms with E-state index >= 15 is 0 Å². The maximum Gasteiger partial charge on any atom is 0.271 e. The molecular weight excluding hydrogens is 323 g/mol. The number of hydrogen-bond donors (Lipinski definition) is 1. The van der Waals surface area contributed by atoms with Gasteiger partial charge in [0.05, 0.1) is 20.5 Å². The molecule has 2 aromatic rings. The van der Waals surface area contributed by atoms with E-state index in [2.05, 4.69) is 4.72 Å². The van der Waals surface area contributed by atoms with Crippen molar-refractivity contribution in [3.8, 4) is 0 Å². The molecule has 0 atom stereocenters. The second-order valence-electron chi connectivity index (χ2n) is 3.98. The van der Waals surface area contributed by atoms with E-state index in [9.17, 15) is 22.9 Å². The van der Waals surface area contributed by atoms with Gasteiger partial charge in [0.25, 0.3) is 15.7 Å². The molecule has 0 saturated carbocycles. The summed E-state index contributed by atoms with van der Waals surface area (Å²) in [5.74, 6) is -0.567. The van der Waals surface area contributed by atoms with Crippen LogP contribution >= 0.6 is 11.6 Å². The lowest BCUT2D eigenvalue weighted by Gasteiger charge is -2.09. The zero-order valence-corrected chi connectivity index (χ0v) is 11.9. The first-order valence-corrected chi connectivity index (χ1v) is 7.38. The molecule has 2 aromatic carbocycles. The molecule has 0 amide bonds. The number of hydrogen-bond acceptors (Lipinski definition) is 4. The summed E-state index contributed by atoms with van der Waals surface area (Å²) < 4.78 is 39.1. The fourth-order valence-electron chi connectivity index (χ4n) is 1.52. The average Bonchev–Trinajstić information content (AvgIpc) is 2.41. The molecule has 2 rings (SSSR count). The Morgan fingerprint density at radius 2 is 1.76 bits per heavy atom. The zero-order chi connectivity index (χ0) is 15.6. The summed E-state index contributed by atoms with van der Waals surface area (Å²) in [5, 5.41) is 10.5. The summed E-state index contributed by atoms with van der Waals surface area (Å²) in [6.07, 6.45) is 0. The molecule has 0 fully saturated rings. The molecule has 0 heterocycles. The van der Waals surface area contributed by atoms with Gasteiger partial charge in [-0.3, -0.25) is 14.8 Å². The van der Waals surface area contributed by atoms with Crippen LogP contribution in [0.1, 0.15) is 0 Å². The van der Waals surface area contributed by atoms with Gasteiger partial charge >= 0.3 is 0 Å². The molecule has 0 radical (unpaired) electrons. The van der Waals surface area contributed by atoms with Crippen molar-refractivity contribution in [2.45, 2.75) is 4.90 Å². The Bertz CT molecular complexity index is 793. The minimum atomic E-state index is -3.96. The molecule has 0 bridgehead atoms. The number of non-ortho nitro benzene ring substituents is 1. The Kier molecular flexibility index (Phi) is 4.10. The number of nitrogens with one attached hydrogen (secondary N) is 1. The van der Waals surface area contributed by atoms with Crippen molar-refractivity contribution in [3.05, 3.63) is 63.4 Å². The molecule has 0 unspecified atom stereocenters. The first-order chi connectivity index (χ1) is 9.79. The quantitative estimate of drug-likeness (QED) is 0.688. The van der Waals surface area contributed by atoms with Crippen LogP contribution in [0.15, 0.2) is 47.4 Å². The van der Waals surface area contributed by atoms with Gasteiger partial charge in [0.15, 0.2) is 0 Å². The van der Waals surface area contributed by atoms with Gasteiger partial charge in [-0.2, -0.15) is 0 Å². The van der Waals surface area contributed by atoms with Gasteiger partial charge in [0.2, 0.25) is 0 Å². The topological polar surface area (TPSA) is 89.3 Å². The molecule has 9 heteroatoms. The van der Waals surface area contributed by atoms with Crippen molar-refractivity contribution in [1.29, 1.82) is 0 Å². The number of nitrogens with zero attached hydrogens (tertiary/aromatic N) is 1. The largest absolute Gasteiger partial charge is 0.278 e. The Labute approximate surface area is 124 Å². The highest BCUT2D eigenvalue weighted by atomic mass is 35.5. The SMILES string of the molecule is O=[N+]([O-])c1ccc(NS(=O)(=O)c2ccc(F)cc2)c(Cl)c1. The van der Waals surface area contributed by atoms with Crippen LogP contribution in [0.5, 0.6) is 0 Å². The van der Waals surface area contributed by atoms with Crippen molar-refractivity contribution >= 4 is 33.0 Å². The van der Waals surface area contributed by atoms with Gasteiger partial charge in [-0.25, -0.2) is 12.8 Å². The van der Waals surface area contributed by atoms with E-state index in [1.54, 1.807) is 0 Å². The number of nitro groups is 1. The highest BCUT2D eigenvalue weighted by Crippen LogP contribution is 2.28. The summed E-state index contributed by atoms with van der Waals surface area (Å²) in [6, 6.07) is 7.53. The van der Waals surface area contributed by atoms with Gasteiger partial charge in [-0.05, 0) is 30.3 Å². The third-order valence-corrected chi connectivity index (χ3v) is 4.23. The highest BCUT2D eigenvalue weighted by Gasteiger charge is 2.17. The van der Waals surface area contributed by atoms with E-state index in [1.165, 1.54) is 6.07 Å². The number of anilines is 1. The third kappa shape index (κ3) is 3.47. The maximum atomic E-state index is 12.8. The van der Waals surface area contributed by atoms with Gasteiger partial charge in [0, 0.05) is 12.1 Å². The normalized spacial score (nSPS) is 11.1. The summed E-state index contributed by atoms with van der Waals surface area (Å²) in [5.41, 5.74) is -0.267. The fourth-order valence-corrected chi connectivity index (χ4v) is 2.88. The van der Waals surface area contributed by atoms with E-state index < -0.39 is 20.8 Å². The number of nitro benzene ring substituents is 1. The average molecular weight is 331 g/mol. The van der Waals surface area contributed by atoms with E-state index in [1.807, 2.05) is 0 Å². The molecular formula is C12H8ClFN2O4S. The molecule has 0 aromatic heterocycles. The smallest absolute Gasteiger partial charge is 0.271 e. The predicted molar refractivity (Wildman–Crippen MR) is 75.3 cm³/mol. The lowest BCUT2D eigenvalue weighted by molar-refractivity contribution is -0.384. The lowest BCUT2D eigenvalue weighted by Crippen LogP contribution is -2.13. The summed E-state index contributed by atoms with van der Waals surface area (Å²) in [7, 11) is -3.96. The molecule has 1 N–H and O–H groups in total. The zero-order valence-electron chi connectivity index (χ0n) is 10.3. The van der Waals surface area contributed by atoms with Crippen molar-refractivity contribution in [1.82, 2.24) is 0 Å². The number of halogens is 2. The monoisotopic (exact) mass is 330 g/mol. The predicted octanol–water partition coefficient (Wildman–Crippen LogP) is 3.19. The molecule has 110 valence electrons. The minimum Gasteiger partial charge on any atom is -0.278 e. The summed E-state index contributed by atoms with van der Waals surface area (Å²) in [6.45, 7) is 0. The van der Waals surface area contributed by atoms with Gasteiger partial charge in [0.1, 0.15) is 5.82 Å². The molecule has 0 aliphatic rings. The summed E-state index contributed by atoms with van der Waals surface area (Å²) >= 11 is 5.80. The lowest BCUT2D eigenvalue weighted by atomic mass is 10.3. The van der Waals surface area contributed by atoms with Crippen LogP contribution in [-0.4, -0.2) is 13.3 Å². The van der Waals surface area contributed by atoms with Gasteiger partial charge < -0.3 is 0 Å². The van der Waals surface area contributed by atoms with E-state index in [-0.39, 0.29) is 21.3 Å². The highest BCUT2D eigenvalue weighted by molar-refractivity contribution is 7.92. The second-order valence-corrected chi connectivity index (χ2v) is 6.07. The Hall–Kier alpha value is -2.19. The van der Waals surface area contributed by atoms with Gasteiger partial charge in [-0.15, -0.1) is 0 Å². The van der Waals surface area contributed by atoms with Crippen molar-refractivity contribution in [2.24, 2.45) is 0 Å². The van der Waals surface area contributed by atoms with E-state index in [0.29, 0.717) is 0 Å². The van der Waals surface area contributed by atoms with Crippen molar-refractivity contribution in [3.63, 3.8) is 0 Å². The number of rotatable bonds is 4. The molecule has 0 aliphatic heterocycles.